The van der Waals surface area contributed by atoms with Crippen LogP contribution < -0.4 is 9.64 Å². The van der Waals surface area contributed by atoms with E-state index in [0.717, 1.165) is 12.2 Å². The molecule has 0 saturated carbocycles. The number of ether oxygens (including phenoxy) is 1. The number of para-hydroxylation sites is 1. The molecule has 19 heavy (non-hydrogen) atoms. The fourth-order valence-corrected chi connectivity index (χ4v) is 2.22. The van der Waals surface area contributed by atoms with Crippen LogP contribution in [0, 0.1) is 6.92 Å². The number of nitrogens with zero attached hydrogens (tertiary/aromatic N) is 3. The van der Waals surface area contributed by atoms with Gasteiger partial charge in [0.05, 0.1) is 7.11 Å². The minimum atomic E-state index is 0.319. The zero-order chi connectivity index (χ0) is 13.8. The van der Waals surface area contributed by atoms with Gasteiger partial charge in [-0.25, -0.2) is 9.97 Å². The molecule has 1 heterocycles. The second-order valence-electron chi connectivity index (χ2n) is 4.05. The van der Waals surface area contributed by atoms with Crippen LogP contribution in [0.5, 0.6) is 5.75 Å². The monoisotopic (exact) mass is 277 g/mol. The van der Waals surface area contributed by atoms with E-state index < -0.39 is 0 Å². The van der Waals surface area contributed by atoms with E-state index in [1.807, 2.05) is 18.2 Å². The predicted octanol–water partition coefficient (Wildman–Crippen LogP) is 3.61. The number of halogens is 1. The van der Waals surface area contributed by atoms with Crippen LogP contribution in [-0.2, 0) is 0 Å². The van der Waals surface area contributed by atoms with Gasteiger partial charge in [-0.3, -0.25) is 0 Å². The highest BCUT2D eigenvalue weighted by Gasteiger charge is 2.18. The summed E-state index contributed by atoms with van der Waals surface area (Å²) in [6, 6.07) is 8.12. The topological polar surface area (TPSA) is 38.2 Å². The van der Waals surface area contributed by atoms with Crippen molar-refractivity contribution in [2.24, 2.45) is 0 Å². The minimum absolute atomic E-state index is 0.319. The second-order valence-corrected chi connectivity index (χ2v) is 4.41. The highest BCUT2D eigenvalue weighted by Crippen LogP contribution is 2.36. The first kappa shape index (κ1) is 13.6. The summed E-state index contributed by atoms with van der Waals surface area (Å²) >= 11 is 6.06. The quantitative estimate of drug-likeness (QED) is 0.800. The van der Waals surface area contributed by atoms with E-state index in [0.29, 0.717) is 16.7 Å². The van der Waals surface area contributed by atoms with Gasteiger partial charge in [0.15, 0.2) is 16.7 Å². The highest BCUT2D eigenvalue weighted by atomic mass is 35.5. The normalized spacial score (nSPS) is 10.3. The van der Waals surface area contributed by atoms with Crippen LogP contribution in [0.25, 0.3) is 0 Å². The van der Waals surface area contributed by atoms with Crippen LogP contribution in [0.1, 0.15) is 12.5 Å². The van der Waals surface area contributed by atoms with Gasteiger partial charge in [-0.1, -0.05) is 29.8 Å². The van der Waals surface area contributed by atoms with Crippen molar-refractivity contribution in [2.75, 3.05) is 18.6 Å². The molecule has 100 valence electrons. The van der Waals surface area contributed by atoms with Gasteiger partial charge in [-0.05, 0) is 25.5 Å². The molecule has 0 aliphatic rings. The van der Waals surface area contributed by atoms with Crippen LogP contribution in [0.3, 0.4) is 0 Å². The Morgan fingerprint density at radius 1 is 1.26 bits per heavy atom. The van der Waals surface area contributed by atoms with E-state index in [-0.39, 0.29) is 0 Å². The number of aryl methyl sites for hydroxylation is 1. The summed E-state index contributed by atoms with van der Waals surface area (Å²) in [6.45, 7) is 4.88. The van der Waals surface area contributed by atoms with Gasteiger partial charge in [0.1, 0.15) is 6.33 Å². The van der Waals surface area contributed by atoms with E-state index in [4.69, 9.17) is 16.3 Å². The maximum Gasteiger partial charge on any atom is 0.199 e. The Morgan fingerprint density at radius 3 is 2.63 bits per heavy atom. The number of methoxy groups -OCH3 is 1. The molecule has 0 aliphatic carbocycles. The van der Waals surface area contributed by atoms with Crippen molar-refractivity contribution >= 4 is 23.1 Å². The lowest BCUT2D eigenvalue weighted by atomic mass is 10.2. The molecule has 2 aromatic rings. The van der Waals surface area contributed by atoms with E-state index in [1.54, 1.807) is 7.11 Å². The predicted molar refractivity (Wildman–Crippen MR) is 77.5 cm³/mol. The Morgan fingerprint density at radius 2 is 2.00 bits per heavy atom. The van der Waals surface area contributed by atoms with Crippen LogP contribution >= 0.6 is 11.6 Å². The van der Waals surface area contributed by atoms with Crippen LogP contribution in [0.15, 0.2) is 30.6 Å². The number of anilines is 2. The third kappa shape index (κ3) is 2.63. The first-order valence-corrected chi connectivity index (χ1v) is 6.44. The lowest BCUT2D eigenvalue weighted by Gasteiger charge is -2.25. The van der Waals surface area contributed by atoms with Crippen molar-refractivity contribution in [3.8, 4) is 5.75 Å². The third-order valence-corrected chi connectivity index (χ3v) is 3.19. The molecule has 0 aliphatic heterocycles. The fourth-order valence-electron chi connectivity index (χ4n) is 2.01. The Kier molecular flexibility index (Phi) is 4.22. The molecule has 0 amide bonds. The zero-order valence-electron chi connectivity index (χ0n) is 11.2. The fraction of sp³-hybridized carbons (Fsp3) is 0.286. The number of benzene rings is 1. The molecular weight excluding hydrogens is 262 g/mol. The molecule has 1 aromatic heterocycles. The van der Waals surface area contributed by atoms with Gasteiger partial charge in [0, 0.05) is 12.2 Å². The van der Waals surface area contributed by atoms with Gasteiger partial charge < -0.3 is 9.64 Å². The summed E-state index contributed by atoms with van der Waals surface area (Å²) < 4.78 is 5.32. The van der Waals surface area contributed by atoms with E-state index in [9.17, 15) is 0 Å². The molecule has 1 aromatic carbocycles. The van der Waals surface area contributed by atoms with E-state index in [2.05, 4.69) is 34.8 Å². The highest BCUT2D eigenvalue weighted by molar-refractivity contribution is 6.31. The molecule has 0 bridgehead atoms. The van der Waals surface area contributed by atoms with Crippen molar-refractivity contribution in [3.05, 3.63) is 41.3 Å². The lowest BCUT2D eigenvalue weighted by molar-refractivity contribution is 0.411. The summed E-state index contributed by atoms with van der Waals surface area (Å²) in [5, 5.41) is 0.319. The SMILES string of the molecule is CCN(c1ccccc1C)c1ncnc(Cl)c1OC. The van der Waals surface area contributed by atoms with Gasteiger partial charge in [-0.15, -0.1) is 0 Å². The van der Waals surface area contributed by atoms with Crippen molar-refractivity contribution in [1.82, 2.24) is 9.97 Å². The van der Waals surface area contributed by atoms with E-state index in [1.165, 1.54) is 11.9 Å². The van der Waals surface area contributed by atoms with Gasteiger partial charge in [-0.2, -0.15) is 0 Å². The zero-order valence-corrected chi connectivity index (χ0v) is 12.0. The number of hydrogen-bond acceptors (Lipinski definition) is 4. The van der Waals surface area contributed by atoms with Crippen LogP contribution in [0.4, 0.5) is 11.5 Å². The average molecular weight is 278 g/mol. The third-order valence-electron chi connectivity index (χ3n) is 2.92. The molecular formula is C14H16ClN3O. The molecule has 0 fully saturated rings. The largest absolute Gasteiger partial charge is 0.490 e. The molecule has 4 nitrogen and oxygen atoms in total. The summed E-state index contributed by atoms with van der Waals surface area (Å²) in [7, 11) is 1.57. The first-order chi connectivity index (χ1) is 9.19. The molecule has 0 N–H and O–H groups in total. The molecule has 0 spiro atoms. The summed E-state index contributed by atoms with van der Waals surface area (Å²) in [6.07, 6.45) is 1.45. The summed E-state index contributed by atoms with van der Waals surface area (Å²) in [4.78, 5) is 10.3. The second kappa shape index (κ2) is 5.89. The average Bonchev–Trinajstić information content (AvgIpc) is 2.42. The maximum atomic E-state index is 6.06. The Balaban J connectivity index is 2.55. The van der Waals surface area contributed by atoms with E-state index >= 15 is 0 Å². The summed E-state index contributed by atoms with van der Waals surface area (Å²) in [5.74, 6) is 1.17. The maximum absolute atomic E-state index is 6.06. The number of aromatic nitrogens is 2. The van der Waals surface area contributed by atoms with Gasteiger partial charge in [0.25, 0.3) is 0 Å². The minimum Gasteiger partial charge on any atom is -0.490 e. The Labute approximate surface area is 118 Å². The molecule has 5 heteroatoms. The first-order valence-electron chi connectivity index (χ1n) is 6.06. The lowest BCUT2D eigenvalue weighted by Crippen LogP contribution is -2.19. The molecule has 0 unspecified atom stereocenters. The Bertz CT molecular complexity index is 574. The standard InChI is InChI=1S/C14H16ClN3O/c1-4-18(11-8-6-5-7-10(11)2)14-12(19-3)13(15)16-9-17-14/h5-9H,4H2,1-3H3. The van der Waals surface area contributed by atoms with Gasteiger partial charge >= 0.3 is 0 Å². The molecule has 2 rings (SSSR count). The number of rotatable bonds is 4. The molecule has 0 radical (unpaired) electrons. The smallest absolute Gasteiger partial charge is 0.199 e. The van der Waals surface area contributed by atoms with Crippen molar-refractivity contribution in [3.63, 3.8) is 0 Å². The van der Waals surface area contributed by atoms with Crippen molar-refractivity contribution < 1.29 is 4.74 Å². The van der Waals surface area contributed by atoms with Crippen LogP contribution in [-0.4, -0.2) is 23.6 Å². The Hall–Kier alpha value is -1.81. The van der Waals surface area contributed by atoms with Crippen molar-refractivity contribution in [2.45, 2.75) is 13.8 Å². The summed E-state index contributed by atoms with van der Waals surface area (Å²) in [5.41, 5.74) is 2.25. The number of hydrogen-bond donors (Lipinski definition) is 0. The molecule has 0 saturated heterocycles. The van der Waals surface area contributed by atoms with Crippen molar-refractivity contribution in [1.29, 1.82) is 0 Å². The van der Waals surface area contributed by atoms with Gasteiger partial charge in [0.2, 0.25) is 0 Å². The van der Waals surface area contributed by atoms with Crippen LogP contribution in [0.2, 0.25) is 5.15 Å². The molecule has 0 atom stereocenters.